The Kier molecular flexibility index (Phi) is 7.51. The van der Waals surface area contributed by atoms with Gasteiger partial charge in [-0.1, -0.05) is 0 Å². The van der Waals surface area contributed by atoms with Crippen molar-refractivity contribution in [2.24, 2.45) is 0 Å². The zero-order chi connectivity index (χ0) is 20.6. The van der Waals surface area contributed by atoms with Gasteiger partial charge >= 0.3 is 6.18 Å². The number of amides is 1. The van der Waals surface area contributed by atoms with E-state index in [2.05, 4.69) is 5.32 Å². The van der Waals surface area contributed by atoms with Crippen LogP contribution in [0.5, 0.6) is 0 Å². The highest BCUT2D eigenvalue weighted by molar-refractivity contribution is 5.83. The molecule has 1 heterocycles. The SMILES string of the molecule is N#CCCN(CCC#N)C(=O)CNc1cc(C(F)(F)F)ccc1N1CCCC1. The number of anilines is 2. The summed E-state index contributed by atoms with van der Waals surface area (Å²) in [6.45, 7) is 1.66. The second-order valence-corrected chi connectivity index (χ2v) is 6.47. The minimum absolute atomic E-state index is 0.125. The molecule has 1 amide bonds. The first-order chi connectivity index (χ1) is 13.4. The number of rotatable bonds is 8. The average molecular weight is 393 g/mol. The number of halogens is 3. The molecule has 0 radical (unpaired) electrons. The van der Waals surface area contributed by atoms with Gasteiger partial charge in [-0.25, -0.2) is 0 Å². The fourth-order valence-corrected chi connectivity index (χ4v) is 3.10. The standard InChI is InChI=1S/C19H22F3N5O/c20-19(21,22)15-5-6-17(26-9-1-2-10-26)16(13-15)25-14-18(28)27(11-3-7-23)12-4-8-24/h5-6,13,25H,1-4,9-12,14H2. The van der Waals surface area contributed by atoms with E-state index >= 15 is 0 Å². The number of nitriles is 2. The molecule has 1 aromatic carbocycles. The second kappa shape index (κ2) is 9.84. The molecule has 0 aromatic heterocycles. The quantitative estimate of drug-likeness (QED) is 0.732. The lowest BCUT2D eigenvalue weighted by atomic mass is 10.1. The molecule has 1 N–H and O–H groups in total. The van der Waals surface area contributed by atoms with Crippen LogP contribution in [-0.4, -0.2) is 43.5 Å². The average Bonchev–Trinajstić information content (AvgIpc) is 3.20. The third-order valence-corrected chi connectivity index (χ3v) is 4.54. The molecule has 0 atom stereocenters. The molecular formula is C19H22F3N5O. The number of nitrogens with one attached hydrogen (secondary N) is 1. The summed E-state index contributed by atoms with van der Waals surface area (Å²) in [5.41, 5.74) is 0.112. The molecule has 0 aliphatic carbocycles. The van der Waals surface area contributed by atoms with Gasteiger partial charge in [0.15, 0.2) is 0 Å². The summed E-state index contributed by atoms with van der Waals surface area (Å²) in [7, 11) is 0. The molecule has 0 unspecified atom stereocenters. The van der Waals surface area contributed by atoms with Crippen molar-refractivity contribution in [3.05, 3.63) is 23.8 Å². The predicted octanol–water partition coefficient (Wildman–Crippen LogP) is 3.37. The highest BCUT2D eigenvalue weighted by Crippen LogP contribution is 2.36. The van der Waals surface area contributed by atoms with Crippen molar-refractivity contribution < 1.29 is 18.0 Å². The third kappa shape index (κ3) is 5.78. The largest absolute Gasteiger partial charge is 0.416 e. The highest BCUT2D eigenvalue weighted by Gasteiger charge is 2.31. The monoisotopic (exact) mass is 393 g/mol. The summed E-state index contributed by atoms with van der Waals surface area (Å²) in [5.74, 6) is -0.365. The number of hydrogen-bond acceptors (Lipinski definition) is 5. The second-order valence-electron chi connectivity index (χ2n) is 6.47. The van der Waals surface area contributed by atoms with E-state index in [-0.39, 0.29) is 44.1 Å². The first-order valence-corrected chi connectivity index (χ1v) is 9.08. The first kappa shape index (κ1) is 21.4. The topological polar surface area (TPSA) is 83.2 Å². The summed E-state index contributed by atoms with van der Waals surface area (Å²) in [6, 6.07) is 7.40. The van der Waals surface area contributed by atoms with E-state index < -0.39 is 11.7 Å². The molecule has 1 aliphatic heterocycles. The number of hydrogen-bond donors (Lipinski definition) is 1. The van der Waals surface area contributed by atoms with Gasteiger partial charge in [0.2, 0.25) is 5.91 Å². The summed E-state index contributed by atoms with van der Waals surface area (Å²) in [5, 5.41) is 20.3. The van der Waals surface area contributed by atoms with Crippen molar-refractivity contribution in [1.82, 2.24) is 4.90 Å². The number of alkyl halides is 3. The minimum Gasteiger partial charge on any atom is -0.374 e. The molecule has 28 heavy (non-hydrogen) atoms. The van der Waals surface area contributed by atoms with Gasteiger partial charge in [-0.15, -0.1) is 0 Å². The summed E-state index contributed by atoms with van der Waals surface area (Å²) in [4.78, 5) is 15.8. The molecule has 1 aliphatic rings. The molecular weight excluding hydrogens is 371 g/mol. The van der Waals surface area contributed by atoms with E-state index in [9.17, 15) is 18.0 Å². The number of benzene rings is 1. The van der Waals surface area contributed by atoms with Gasteiger partial charge in [0.1, 0.15) is 0 Å². The van der Waals surface area contributed by atoms with Crippen molar-refractivity contribution in [1.29, 1.82) is 10.5 Å². The van der Waals surface area contributed by atoms with E-state index in [0.29, 0.717) is 5.69 Å². The number of nitrogens with zero attached hydrogens (tertiary/aromatic N) is 4. The maximum absolute atomic E-state index is 13.1. The molecule has 0 saturated carbocycles. The van der Waals surface area contributed by atoms with Crippen LogP contribution in [0.2, 0.25) is 0 Å². The van der Waals surface area contributed by atoms with Crippen LogP contribution in [-0.2, 0) is 11.0 Å². The lowest BCUT2D eigenvalue weighted by Gasteiger charge is -2.25. The van der Waals surface area contributed by atoms with Crippen molar-refractivity contribution in [3.8, 4) is 12.1 Å². The summed E-state index contributed by atoms with van der Waals surface area (Å²) < 4.78 is 39.3. The Balaban J connectivity index is 2.16. The van der Waals surface area contributed by atoms with Crippen LogP contribution < -0.4 is 10.2 Å². The molecule has 1 saturated heterocycles. The molecule has 9 heteroatoms. The Morgan fingerprint density at radius 3 is 2.29 bits per heavy atom. The van der Waals surface area contributed by atoms with E-state index in [1.54, 1.807) is 0 Å². The number of carbonyl (C=O) groups is 1. The Bertz CT molecular complexity index is 742. The Morgan fingerprint density at radius 1 is 1.14 bits per heavy atom. The van der Waals surface area contributed by atoms with Crippen LogP contribution in [0.4, 0.5) is 24.5 Å². The molecule has 6 nitrogen and oxygen atoms in total. The van der Waals surface area contributed by atoms with Crippen LogP contribution >= 0.6 is 0 Å². The number of carbonyl (C=O) groups excluding carboxylic acids is 1. The van der Waals surface area contributed by atoms with Gasteiger partial charge < -0.3 is 15.1 Å². The summed E-state index contributed by atoms with van der Waals surface area (Å²) >= 11 is 0. The smallest absolute Gasteiger partial charge is 0.374 e. The van der Waals surface area contributed by atoms with Crippen LogP contribution in [0, 0.1) is 22.7 Å². The van der Waals surface area contributed by atoms with Crippen LogP contribution in [0.3, 0.4) is 0 Å². The Morgan fingerprint density at radius 2 is 1.75 bits per heavy atom. The van der Waals surface area contributed by atoms with Crippen LogP contribution in [0.1, 0.15) is 31.2 Å². The molecule has 0 spiro atoms. The molecule has 2 rings (SSSR count). The van der Waals surface area contributed by atoms with Gasteiger partial charge in [-0.3, -0.25) is 4.79 Å². The fourth-order valence-electron chi connectivity index (χ4n) is 3.10. The maximum Gasteiger partial charge on any atom is 0.416 e. The lowest BCUT2D eigenvalue weighted by Crippen LogP contribution is -2.37. The van der Waals surface area contributed by atoms with Crippen molar-refractivity contribution in [2.75, 3.05) is 42.9 Å². The van der Waals surface area contributed by atoms with Crippen molar-refractivity contribution >= 4 is 17.3 Å². The normalized spacial score (nSPS) is 13.7. The lowest BCUT2D eigenvalue weighted by molar-refractivity contribution is -0.137. The van der Waals surface area contributed by atoms with Crippen molar-refractivity contribution in [2.45, 2.75) is 31.9 Å². The van der Waals surface area contributed by atoms with Gasteiger partial charge in [-0.05, 0) is 31.0 Å². The van der Waals surface area contributed by atoms with Crippen LogP contribution in [0.15, 0.2) is 18.2 Å². The summed E-state index contributed by atoms with van der Waals surface area (Å²) in [6.07, 6.45) is -2.29. The van der Waals surface area contributed by atoms with Crippen molar-refractivity contribution in [3.63, 3.8) is 0 Å². The molecule has 1 aromatic rings. The van der Waals surface area contributed by atoms with Gasteiger partial charge in [0, 0.05) is 26.2 Å². The zero-order valence-electron chi connectivity index (χ0n) is 15.4. The van der Waals surface area contributed by atoms with Gasteiger partial charge in [-0.2, -0.15) is 23.7 Å². The van der Waals surface area contributed by atoms with Gasteiger partial charge in [0.05, 0.1) is 48.5 Å². The third-order valence-electron chi connectivity index (χ3n) is 4.54. The van der Waals surface area contributed by atoms with E-state index in [1.807, 2.05) is 17.0 Å². The fraction of sp³-hybridized carbons (Fsp3) is 0.526. The van der Waals surface area contributed by atoms with E-state index in [0.717, 1.165) is 38.1 Å². The van der Waals surface area contributed by atoms with Gasteiger partial charge in [0.25, 0.3) is 0 Å². The minimum atomic E-state index is -4.48. The Hall–Kier alpha value is -2.94. The first-order valence-electron chi connectivity index (χ1n) is 9.08. The maximum atomic E-state index is 13.1. The Labute approximate surface area is 162 Å². The van der Waals surface area contributed by atoms with E-state index in [4.69, 9.17) is 10.5 Å². The molecule has 150 valence electrons. The van der Waals surface area contributed by atoms with E-state index in [1.165, 1.54) is 11.0 Å². The zero-order valence-corrected chi connectivity index (χ0v) is 15.4. The highest BCUT2D eigenvalue weighted by atomic mass is 19.4. The van der Waals surface area contributed by atoms with Crippen LogP contribution in [0.25, 0.3) is 0 Å². The predicted molar refractivity (Wildman–Crippen MR) is 98.4 cm³/mol. The molecule has 1 fully saturated rings. The molecule has 0 bridgehead atoms.